The van der Waals surface area contributed by atoms with Gasteiger partial charge in [0.2, 0.25) is 0 Å². The van der Waals surface area contributed by atoms with E-state index in [1.54, 1.807) is 0 Å². The topological polar surface area (TPSA) is 36.0 Å². The van der Waals surface area contributed by atoms with E-state index in [0.717, 1.165) is 12.8 Å². The van der Waals surface area contributed by atoms with Crippen molar-refractivity contribution in [1.29, 1.82) is 0 Å². The van der Waals surface area contributed by atoms with E-state index in [2.05, 4.69) is 41.4 Å². The Labute approximate surface area is 99.9 Å². The molecule has 0 radical (unpaired) electrons. The number of benzene rings is 2. The second-order valence-electron chi connectivity index (χ2n) is 4.38. The number of fused-ring (bicyclic) bond motifs is 3. The van der Waals surface area contributed by atoms with E-state index in [4.69, 9.17) is 5.11 Å². The quantitative estimate of drug-likeness (QED) is 0.705. The Morgan fingerprint density at radius 1 is 0.941 bits per heavy atom. The molecular weight excluding hydrogens is 210 g/mol. The molecule has 2 nitrogen and oxygen atoms in total. The summed E-state index contributed by atoms with van der Waals surface area (Å²) in [5.74, 6) is 0. The fourth-order valence-corrected chi connectivity index (χ4v) is 2.33. The van der Waals surface area contributed by atoms with Crippen molar-refractivity contribution in [2.24, 2.45) is 0 Å². The predicted molar refractivity (Wildman–Crippen MR) is 71.2 cm³/mol. The number of H-pyrrole nitrogens is 1. The third-order valence-electron chi connectivity index (χ3n) is 3.19. The molecule has 0 saturated carbocycles. The van der Waals surface area contributed by atoms with Gasteiger partial charge in [-0.2, -0.15) is 0 Å². The van der Waals surface area contributed by atoms with Crippen molar-refractivity contribution in [1.82, 2.24) is 4.98 Å². The van der Waals surface area contributed by atoms with Crippen molar-refractivity contribution < 1.29 is 5.11 Å². The summed E-state index contributed by atoms with van der Waals surface area (Å²) in [6.07, 6.45) is 1.76. The standard InChI is InChI=1S/C15H15NO/c17-9-3-4-11-7-8-15-13(10-11)12-5-1-2-6-14(12)16-15/h1-2,5-8,10,16-17H,3-4,9H2. The maximum Gasteiger partial charge on any atom is 0.0465 e. The third-order valence-corrected chi connectivity index (χ3v) is 3.19. The second-order valence-corrected chi connectivity index (χ2v) is 4.38. The SMILES string of the molecule is OCCCc1ccc2[nH]c3ccccc3c2c1. The van der Waals surface area contributed by atoms with E-state index in [0.29, 0.717) is 0 Å². The lowest BCUT2D eigenvalue weighted by molar-refractivity contribution is 0.288. The summed E-state index contributed by atoms with van der Waals surface area (Å²) in [7, 11) is 0. The molecule has 0 aliphatic rings. The smallest absolute Gasteiger partial charge is 0.0465 e. The van der Waals surface area contributed by atoms with E-state index in [9.17, 15) is 0 Å². The van der Waals surface area contributed by atoms with Gasteiger partial charge in [-0.1, -0.05) is 24.3 Å². The highest BCUT2D eigenvalue weighted by Gasteiger charge is 2.03. The van der Waals surface area contributed by atoms with Gasteiger partial charge < -0.3 is 10.1 Å². The van der Waals surface area contributed by atoms with E-state index < -0.39 is 0 Å². The van der Waals surface area contributed by atoms with Crippen LogP contribution in [0.15, 0.2) is 42.5 Å². The van der Waals surface area contributed by atoms with Crippen LogP contribution in [0.4, 0.5) is 0 Å². The molecule has 3 aromatic rings. The predicted octanol–water partition coefficient (Wildman–Crippen LogP) is 3.25. The zero-order valence-electron chi connectivity index (χ0n) is 9.61. The number of nitrogens with one attached hydrogen (secondary N) is 1. The first-order valence-electron chi connectivity index (χ1n) is 5.99. The lowest BCUT2D eigenvalue weighted by atomic mass is 10.1. The molecule has 0 saturated heterocycles. The van der Waals surface area contributed by atoms with Gasteiger partial charge in [0.05, 0.1) is 0 Å². The normalized spacial score (nSPS) is 11.4. The molecule has 17 heavy (non-hydrogen) atoms. The first kappa shape index (κ1) is 10.4. The van der Waals surface area contributed by atoms with Gasteiger partial charge in [-0.3, -0.25) is 0 Å². The molecule has 2 aromatic carbocycles. The van der Waals surface area contributed by atoms with Crippen LogP contribution in [-0.2, 0) is 6.42 Å². The van der Waals surface area contributed by atoms with E-state index >= 15 is 0 Å². The van der Waals surface area contributed by atoms with E-state index in [-0.39, 0.29) is 6.61 Å². The van der Waals surface area contributed by atoms with Gasteiger partial charge in [0.15, 0.2) is 0 Å². The molecule has 1 aromatic heterocycles. The summed E-state index contributed by atoms with van der Waals surface area (Å²) in [6.45, 7) is 0.256. The summed E-state index contributed by atoms with van der Waals surface area (Å²) in [6, 6.07) is 14.8. The number of aromatic nitrogens is 1. The first-order valence-corrected chi connectivity index (χ1v) is 5.99. The number of aryl methyl sites for hydroxylation is 1. The molecular formula is C15H15NO. The molecule has 0 unspecified atom stereocenters. The van der Waals surface area contributed by atoms with Gasteiger partial charge in [0.25, 0.3) is 0 Å². The molecule has 0 aliphatic heterocycles. The summed E-state index contributed by atoms with van der Waals surface area (Å²) in [4.78, 5) is 3.41. The van der Waals surface area contributed by atoms with Gasteiger partial charge in [-0.05, 0) is 36.6 Å². The van der Waals surface area contributed by atoms with Crippen molar-refractivity contribution in [2.45, 2.75) is 12.8 Å². The highest BCUT2D eigenvalue weighted by atomic mass is 16.2. The van der Waals surface area contributed by atoms with Crippen LogP contribution in [0.5, 0.6) is 0 Å². The molecule has 2 heteroatoms. The highest BCUT2D eigenvalue weighted by Crippen LogP contribution is 2.26. The lowest BCUT2D eigenvalue weighted by Crippen LogP contribution is -1.88. The number of hydrogen-bond acceptors (Lipinski definition) is 1. The molecule has 3 rings (SSSR count). The minimum atomic E-state index is 0.256. The third kappa shape index (κ3) is 1.81. The van der Waals surface area contributed by atoms with E-state index in [1.165, 1.54) is 27.4 Å². The Bertz CT molecular complexity index is 654. The minimum Gasteiger partial charge on any atom is -0.396 e. The Morgan fingerprint density at radius 3 is 2.65 bits per heavy atom. The zero-order valence-corrected chi connectivity index (χ0v) is 9.61. The number of hydrogen-bond donors (Lipinski definition) is 2. The van der Waals surface area contributed by atoms with Gasteiger partial charge in [0.1, 0.15) is 0 Å². The fourth-order valence-electron chi connectivity index (χ4n) is 2.33. The minimum absolute atomic E-state index is 0.256. The number of aliphatic hydroxyl groups is 1. The van der Waals surface area contributed by atoms with Crippen molar-refractivity contribution >= 4 is 21.8 Å². The van der Waals surface area contributed by atoms with Crippen molar-refractivity contribution in [3.05, 3.63) is 48.0 Å². The molecule has 1 heterocycles. The number of aromatic amines is 1. The van der Waals surface area contributed by atoms with Crippen molar-refractivity contribution in [3.63, 3.8) is 0 Å². The molecule has 0 spiro atoms. The number of rotatable bonds is 3. The average Bonchev–Trinajstić information content (AvgIpc) is 2.74. The van der Waals surface area contributed by atoms with Crippen LogP contribution >= 0.6 is 0 Å². The van der Waals surface area contributed by atoms with Crippen LogP contribution in [0.25, 0.3) is 21.8 Å². The number of aliphatic hydroxyl groups excluding tert-OH is 1. The maximum atomic E-state index is 8.87. The van der Waals surface area contributed by atoms with Gasteiger partial charge in [-0.25, -0.2) is 0 Å². The highest BCUT2D eigenvalue weighted by molar-refractivity contribution is 6.07. The molecule has 0 amide bonds. The van der Waals surface area contributed by atoms with Crippen LogP contribution in [0, 0.1) is 0 Å². The number of para-hydroxylation sites is 1. The van der Waals surface area contributed by atoms with Crippen LogP contribution in [0.2, 0.25) is 0 Å². The van der Waals surface area contributed by atoms with Gasteiger partial charge >= 0.3 is 0 Å². The van der Waals surface area contributed by atoms with Crippen LogP contribution in [0.1, 0.15) is 12.0 Å². The van der Waals surface area contributed by atoms with Crippen LogP contribution in [0.3, 0.4) is 0 Å². The second kappa shape index (κ2) is 4.22. The molecule has 0 atom stereocenters. The Kier molecular flexibility index (Phi) is 2.57. The molecule has 0 aliphatic carbocycles. The van der Waals surface area contributed by atoms with Crippen molar-refractivity contribution in [3.8, 4) is 0 Å². The summed E-state index contributed by atoms with van der Waals surface area (Å²) >= 11 is 0. The average molecular weight is 225 g/mol. The van der Waals surface area contributed by atoms with Crippen LogP contribution in [-0.4, -0.2) is 16.7 Å². The Hall–Kier alpha value is -1.80. The first-order chi connectivity index (χ1) is 8.38. The molecule has 0 bridgehead atoms. The molecule has 2 N–H and O–H groups in total. The zero-order chi connectivity index (χ0) is 11.7. The maximum absolute atomic E-state index is 8.87. The molecule has 0 fully saturated rings. The lowest BCUT2D eigenvalue weighted by Gasteiger charge is -1.99. The Morgan fingerprint density at radius 2 is 1.76 bits per heavy atom. The summed E-state index contributed by atoms with van der Waals surface area (Å²) in [5, 5.41) is 11.4. The molecule has 86 valence electrons. The summed E-state index contributed by atoms with van der Waals surface area (Å²) < 4.78 is 0. The summed E-state index contributed by atoms with van der Waals surface area (Å²) in [5.41, 5.74) is 3.65. The van der Waals surface area contributed by atoms with Crippen molar-refractivity contribution in [2.75, 3.05) is 6.61 Å². The Balaban J connectivity index is 2.16. The van der Waals surface area contributed by atoms with Gasteiger partial charge in [-0.15, -0.1) is 0 Å². The van der Waals surface area contributed by atoms with Gasteiger partial charge in [0, 0.05) is 28.4 Å². The fraction of sp³-hybridized carbons (Fsp3) is 0.200. The van der Waals surface area contributed by atoms with E-state index in [1.807, 2.05) is 6.07 Å². The van der Waals surface area contributed by atoms with Crippen LogP contribution < -0.4 is 0 Å². The largest absolute Gasteiger partial charge is 0.396 e. The monoisotopic (exact) mass is 225 g/mol.